The molecule has 2 N–H and O–H groups in total. The Labute approximate surface area is 134 Å². The predicted octanol–water partition coefficient (Wildman–Crippen LogP) is 3.25. The van der Waals surface area contributed by atoms with Crippen molar-refractivity contribution in [3.8, 4) is 5.75 Å². The van der Waals surface area contributed by atoms with Crippen molar-refractivity contribution in [3.05, 3.63) is 41.6 Å². The van der Waals surface area contributed by atoms with Crippen LogP contribution < -0.4 is 10.1 Å². The molecule has 2 atom stereocenters. The van der Waals surface area contributed by atoms with Gasteiger partial charge in [0.25, 0.3) is 0 Å². The van der Waals surface area contributed by atoms with Crippen molar-refractivity contribution in [2.24, 2.45) is 0 Å². The number of aromatic nitrogens is 2. The second kappa shape index (κ2) is 5.73. The zero-order valence-corrected chi connectivity index (χ0v) is 12.5. The largest absolute Gasteiger partial charge is 0.497 e. The van der Waals surface area contributed by atoms with Crippen LogP contribution in [-0.4, -0.2) is 34.1 Å². The highest BCUT2D eigenvalue weighted by molar-refractivity contribution is 5.86. The second-order valence-corrected chi connectivity index (χ2v) is 5.43. The summed E-state index contributed by atoms with van der Waals surface area (Å²) in [7, 11) is 1.47. The highest BCUT2D eigenvalue weighted by Gasteiger charge is 2.46. The highest BCUT2D eigenvalue weighted by Crippen LogP contribution is 2.43. The molecule has 1 aromatic carbocycles. The predicted molar refractivity (Wildman–Crippen MR) is 78.3 cm³/mol. The van der Waals surface area contributed by atoms with Crippen molar-refractivity contribution in [3.63, 3.8) is 0 Å². The summed E-state index contributed by atoms with van der Waals surface area (Å²) < 4.78 is 46.0. The van der Waals surface area contributed by atoms with E-state index in [-0.39, 0.29) is 12.2 Å². The Morgan fingerprint density at radius 3 is 2.79 bits per heavy atom. The summed E-state index contributed by atoms with van der Waals surface area (Å²) in [6, 6.07) is 5.28. The first-order valence-electron chi connectivity index (χ1n) is 7.09. The van der Waals surface area contributed by atoms with Crippen LogP contribution in [0.4, 0.5) is 19.0 Å². The Morgan fingerprint density at radius 1 is 1.42 bits per heavy atom. The topological polar surface area (TPSA) is 76.4 Å². The van der Waals surface area contributed by atoms with Gasteiger partial charge >= 0.3 is 12.1 Å². The fraction of sp³-hybridized carbons (Fsp3) is 0.333. The number of carbonyl (C=O) groups is 1. The smallest absolute Gasteiger partial charge is 0.410 e. The lowest BCUT2D eigenvalue weighted by atomic mass is 9.97. The van der Waals surface area contributed by atoms with Gasteiger partial charge in [-0.05, 0) is 17.7 Å². The van der Waals surface area contributed by atoms with Crippen molar-refractivity contribution in [1.29, 1.82) is 0 Å². The summed E-state index contributed by atoms with van der Waals surface area (Å²) in [6.07, 6.45) is -4.85. The number of rotatable bonds is 3. The molecule has 3 rings (SSSR count). The van der Waals surface area contributed by atoms with E-state index in [0.29, 0.717) is 16.0 Å². The van der Waals surface area contributed by atoms with Gasteiger partial charge in [-0.25, -0.2) is 9.48 Å². The normalized spacial score (nSPS) is 20.2. The quantitative estimate of drug-likeness (QED) is 0.896. The van der Waals surface area contributed by atoms with E-state index in [9.17, 15) is 18.0 Å². The van der Waals surface area contributed by atoms with E-state index in [1.807, 2.05) is 0 Å². The van der Waals surface area contributed by atoms with Crippen LogP contribution in [0.5, 0.6) is 5.75 Å². The Bertz CT molecular complexity index is 773. The molecule has 0 aliphatic carbocycles. The van der Waals surface area contributed by atoms with Gasteiger partial charge in [-0.15, -0.1) is 0 Å². The third kappa shape index (κ3) is 2.89. The number of benzene rings is 1. The van der Waals surface area contributed by atoms with Crippen molar-refractivity contribution in [1.82, 2.24) is 9.78 Å². The number of nitrogens with zero attached hydrogens (tertiary/aromatic N) is 2. The molecule has 0 spiro atoms. The first-order chi connectivity index (χ1) is 11.3. The zero-order valence-electron chi connectivity index (χ0n) is 12.5. The highest BCUT2D eigenvalue weighted by atomic mass is 19.4. The molecule has 1 aromatic heterocycles. The molecule has 0 bridgehead atoms. The first-order valence-corrected chi connectivity index (χ1v) is 7.09. The number of halogens is 3. The minimum absolute atomic E-state index is 0.0220. The lowest BCUT2D eigenvalue weighted by Gasteiger charge is -2.33. The summed E-state index contributed by atoms with van der Waals surface area (Å²) in [4.78, 5) is 11.0. The molecule has 0 fully saturated rings. The molecular weight excluding hydrogens is 327 g/mol. The molecule has 1 aliphatic rings. The maximum atomic E-state index is 13.4. The molecular formula is C15H14F3N3O3. The van der Waals surface area contributed by atoms with E-state index in [0.717, 1.165) is 6.07 Å². The van der Waals surface area contributed by atoms with Crippen LogP contribution in [0.25, 0.3) is 0 Å². The molecule has 128 valence electrons. The van der Waals surface area contributed by atoms with Gasteiger partial charge in [-0.3, -0.25) is 0 Å². The lowest BCUT2D eigenvalue weighted by Crippen LogP contribution is -2.35. The Morgan fingerprint density at radius 2 is 2.17 bits per heavy atom. The van der Waals surface area contributed by atoms with Crippen LogP contribution in [0.1, 0.15) is 34.6 Å². The number of ether oxygens (including phenoxy) is 1. The molecule has 1 aliphatic heterocycles. The Hall–Kier alpha value is -2.71. The number of anilines is 1. The van der Waals surface area contributed by atoms with Gasteiger partial charge in [0.05, 0.1) is 13.2 Å². The van der Waals surface area contributed by atoms with Gasteiger partial charge in [0.1, 0.15) is 11.6 Å². The summed E-state index contributed by atoms with van der Waals surface area (Å²) in [5.74, 6) is -0.825. The number of hydrogen-bond donors (Lipinski definition) is 2. The molecule has 2 aromatic rings. The monoisotopic (exact) mass is 341 g/mol. The third-order valence-corrected chi connectivity index (χ3v) is 3.91. The molecule has 0 saturated carbocycles. The maximum absolute atomic E-state index is 13.4. The van der Waals surface area contributed by atoms with Crippen molar-refractivity contribution >= 4 is 11.8 Å². The molecule has 6 nitrogen and oxygen atoms in total. The summed E-state index contributed by atoms with van der Waals surface area (Å²) in [6.45, 7) is 0. The van der Waals surface area contributed by atoms with Gasteiger partial charge in [0.2, 0.25) is 0 Å². The SMILES string of the molecule is COc1cccc([C@H]2C[C@@H](C(F)(F)F)n3nc(C(=O)O)cc3N2)c1. The molecule has 0 saturated heterocycles. The fourth-order valence-electron chi connectivity index (χ4n) is 2.75. The van der Waals surface area contributed by atoms with Gasteiger partial charge in [-0.1, -0.05) is 12.1 Å². The van der Waals surface area contributed by atoms with Gasteiger partial charge < -0.3 is 15.2 Å². The Balaban J connectivity index is 2.02. The van der Waals surface area contributed by atoms with Crippen LogP contribution in [-0.2, 0) is 0 Å². The number of carboxylic acids is 1. The minimum atomic E-state index is -4.55. The van der Waals surface area contributed by atoms with E-state index in [1.165, 1.54) is 7.11 Å². The number of fused-ring (bicyclic) bond motifs is 1. The zero-order chi connectivity index (χ0) is 17.5. The van der Waals surface area contributed by atoms with Gasteiger partial charge in [0.15, 0.2) is 11.7 Å². The van der Waals surface area contributed by atoms with E-state index in [4.69, 9.17) is 9.84 Å². The van der Waals surface area contributed by atoms with Crippen molar-refractivity contribution in [2.45, 2.75) is 24.7 Å². The number of nitrogens with one attached hydrogen (secondary N) is 1. The number of aromatic carboxylic acids is 1. The molecule has 0 unspecified atom stereocenters. The summed E-state index contributed by atoms with van der Waals surface area (Å²) >= 11 is 0. The van der Waals surface area contributed by atoms with Crippen molar-refractivity contribution in [2.75, 3.05) is 12.4 Å². The van der Waals surface area contributed by atoms with Crippen LogP contribution >= 0.6 is 0 Å². The summed E-state index contributed by atoms with van der Waals surface area (Å²) in [5.41, 5.74) is 0.186. The molecule has 9 heteroatoms. The van der Waals surface area contributed by atoms with Crippen LogP contribution in [0.2, 0.25) is 0 Å². The van der Waals surface area contributed by atoms with Crippen LogP contribution in [0.15, 0.2) is 30.3 Å². The maximum Gasteiger partial charge on any atom is 0.410 e. The molecule has 0 amide bonds. The van der Waals surface area contributed by atoms with Gasteiger partial charge in [-0.2, -0.15) is 18.3 Å². The third-order valence-electron chi connectivity index (χ3n) is 3.91. The lowest BCUT2D eigenvalue weighted by molar-refractivity contribution is -0.173. The fourth-order valence-corrected chi connectivity index (χ4v) is 2.75. The number of carboxylic acid groups (broad SMARTS) is 1. The number of alkyl halides is 3. The van der Waals surface area contributed by atoms with E-state index in [1.54, 1.807) is 24.3 Å². The van der Waals surface area contributed by atoms with E-state index < -0.39 is 29.9 Å². The van der Waals surface area contributed by atoms with Gasteiger partial charge in [0, 0.05) is 12.5 Å². The van der Waals surface area contributed by atoms with E-state index >= 15 is 0 Å². The molecule has 24 heavy (non-hydrogen) atoms. The standard InChI is InChI=1S/C15H14F3N3O3/c1-24-9-4-2-3-8(5-9)10-6-12(15(16,17)18)21-13(19-10)7-11(20-21)14(22)23/h2-5,7,10,12,19H,6H2,1H3,(H,22,23)/t10-,12+/m1/s1. The Kier molecular flexibility index (Phi) is 3.86. The van der Waals surface area contributed by atoms with Crippen LogP contribution in [0.3, 0.4) is 0 Å². The molecule has 0 radical (unpaired) electrons. The molecule has 2 heterocycles. The van der Waals surface area contributed by atoms with Crippen LogP contribution in [0, 0.1) is 0 Å². The minimum Gasteiger partial charge on any atom is -0.497 e. The number of methoxy groups -OCH3 is 1. The first kappa shape index (κ1) is 16.2. The van der Waals surface area contributed by atoms with Crippen molar-refractivity contribution < 1.29 is 27.8 Å². The second-order valence-electron chi connectivity index (χ2n) is 5.43. The number of hydrogen-bond acceptors (Lipinski definition) is 4. The average Bonchev–Trinajstić information content (AvgIpc) is 2.97. The summed E-state index contributed by atoms with van der Waals surface area (Å²) in [5, 5.41) is 15.5. The average molecular weight is 341 g/mol. The van der Waals surface area contributed by atoms with E-state index in [2.05, 4.69) is 10.4 Å².